The summed E-state index contributed by atoms with van der Waals surface area (Å²) in [5.74, 6) is 0. The zero-order valence-electron chi connectivity index (χ0n) is 12.5. The van der Waals surface area contributed by atoms with E-state index in [0.717, 1.165) is 0 Å². The summed E-state index contributed by atoms with van der Waals surface area (Å²) in [7, 11) is 0. The van der Waals surface area contributed by atoms with Crippen LogP contribution in [-0.2, 0) is 0 Å². The molecule has 2 N–H and O–H groups in total. The summed E-state index contributed by atoms with van der Waals surface area (Å²) in [5, 5.41) is 2.56. The monoisotopic (exact) mass is 268 g/mol. The second-order valence-corrected chi connectivity index (χ2v) is 6.43. The van der Waals surface area contributed by atoms with Gasteiger partial charge in [-0.2, -0.15) is 0 Å². The normalized spacial score (nSPS) is 18.6. The summed E-state index contributed by atoms with van der Waals surface area (Å²) < 4.78 is 0. The van der Waals surface area contributed by atoms with Crippen molar-refractivity contribution in [2.24, 2.45) is 5.73 Å². The molecule has 106 valence electrons. The van der Waals surface area contributed by atoms with Gasteiger partial charge >= 0.3 is 0 Å². The summed E-state index contributed by atoms with van der Waals surface area (Å²) in [6, 6.07) is 15.1. The molecule has 1 fully saturated rings. The second-order valence-electron chi connectivity index (χ2n) is 6.43. The standard InChI is InChI=1S/C18H24N2/c1-18(2,20-11-5-6-12-20)17(19)16-10-9-14-7-3-4-8-15(14)13-16/h3-4,7-10,13,17H,5-6,11-12,19H2,1-2H3. The fraction of sp³-hybridized carbons (Fsp3) is 0.444. The molecule has 0 saturated carbocycles. The average Bonchev–Trinajstić information content (AvgIpc) is 3.01. The van der Waals surface area contributed by atoms with Crippen molar-refractivity contribution in [2.75, 3.05) is 13.1 Å². The Morgan fingerprint density at radius 3 is 2.35 bits per heavy atom. The highest BCUT2D eigenvalue weighted by Gasteiger charge is 2.35. The lowest BCUT2D eigenvalue weighted by molar-refractivity contribution is 0.124. The summed E-state index contributed by atoms with van der Waals surface area (Å²) >= 11 is 0. The maximum atomic E-state index is 6.60. The molecular formula is C18H24N2. The van der Waals surface area contributed by atoms with Gasteiger partial charge in [-0.1, -0.05) is 36.4 Å². The predicted molar refractivity (Wildman–Crippen MR) is 85.8 cm³/mol. The van der Waals surface area contributed by atoms with Crippen LogP contribution in [-0.4, -0.2) is 23.5 Å². The van der Waals surface area contributed by atoms with Crippen LogP contribution >= 0.6 is 0 Å². The predicted octanol–water partition coefficient (Wildman–Crippen LogP) is 3.71. The number of hydrogen-bond donors (Lipinski definition) is 1. The van der Waals surface area contributed by atoms with Gasteiger partial charge in [0.2, 0.25) is 0 Å². The number of nitrogens with two attached hydrogens (primary N) is 1. The molecule has 20 heavy (non-hydrogen) atoms. The quantitative estimate of drug-likeness (QED) is 0.919. The lowest BCUT2D eigenvalue weighted by Gasteiger charge is -2.40. The highest BCUT2D eigenvalue weighted by molar-refractivity contribution is 5.83. The topological polar surface area (TPSA) is 29.3 Å². The first-order chi connectivity index (χ1) is 9.59. The summed E-state index contributed by atoms with van der Waals surface area (Å²) in [4.78, 5) is 2.53. The third-order valence-electron chi connectivity index (χ3n) is 4.81. The van der Waals surface area contributed by atoms with Crippen LogP contribution in [0.25, 0.3) is 10.8 Å². The molecular weight excluding hydrogens is 244 g/mol. The third kappa shape index (κ3) is 2.34. The number of nitrogens with zero attached hydrogens (tertiary/aromatic N) is 1. The van der Waals surface area contributed by atoms with Gasteiger partial charge in [-0.05, 0) is 62.2 Å². The van der Waals surface area contributed by atoms with E-state index in [1.54, 1.807) is 0 Å². The molecule has 2 aromatic carbocycles. The van der Waals surface area contributed by atoms with Crippen molar-refractivity contribution in [3.05, 3.63) is 48.0 Å². The van der Waals surface area contributed by atoms with Crippen molar-refractivity contribution in [3.63, 3.8) is 0 Å². The zero-order valence-corrected chi connectivity index (χ0v) is 12.5. The molecule has 0 bridgehead atoms. The van der Waals surface area contributed by atoms with Crippen molar-refractivity contribution in [1.82, 2.24) is 4.90 Å². The molecule has 0 radical (unpaired) electrons. The zero-order chi connectivity index (χ0) is 14.2. The Balaban J connectivity index is 1.92. The van der Waals surface area contributed by atoms with E-state index in [1.807, 2.05) is 0 Å². The van der Waals surface area contributed by atoms with Gasteiger partial charge < -0.3 is 5.73 Å². The Morgan fingerprint density at radius 2 is 1.65 bits per heavy atom. The highest BCUT2D eigenvalue weighted by Crippen LogP contribution is 2.32. The number of fused-ring (bicyclic) bond motifs is 1. The molecule has 3 rings (SSSR count). The minimum atomic E-state index is 0.0129. The molecule has 0 spiro atoms. The summed E-state index contributed by atoms with van der Waals surface area (Å²) in [6.45, 7) is 6.90. The van der Waals surface area contributed by atoms with E-state index in [-0.39, 0.29) is 11.6 Å². The minimum Gasteiger partial charge on any atom is -0.322 e. The van der Waals surface area contributed by atoms with Gasteiger partial charge in [0.15, 0.2) is 0 Å². The van der Waals surface area contributed by atoms with Crippen LogP contribution in [0.5, 0.6) is 0 Å². The first kappa shape index (κ1) is 13.6. The lowest BCUT2D eigenvalue weighted by atomic mass is 9.87. The largest absolute Gasteiger partial charge is 0.322 e. The van der Waals surface area contributed by atoms with Gasteiger partial charge in [-0.3, -0.25) is 4.90 Å². The van der Waals surface area contributed by atoms with Gasteiger partial charge in [0.25, 0.3) is 0 Å². The van der Waals surface area contributed by atoms with Crippen LogP contribution in [0.1, 0.15) is 38.3 Å². The van der Waals surface area contributed by atoms with Gasteiger partial charge in [0.05, 0.1) is 0 Å². The molecule has 1 unspecified atom stereocenters. The molecule has 0 aromatic heterocycles. The van der Waals surface area contributed by atoms with Gasteiger partial charge in [-0.25, -0.2) is 0 Å². The van der Waals surface area contributed by atoms with Gasteiger partial charge in [0.1, 0.15) is 0 Å². The van der Waals surface area contributed by atoms with Crippen molar-refractivity contribution in [1.29, 1.82) is 0 Å². The molecule has 1 atom stereocenters. The third-order valence-corrected chi connectivity index (χ3v) is 4.81. The van der Waals surface area contributed by atoms with E-state index in [2.05, 4.69) is 61.2 Å². The number of likely N-dealkylation sites (tertiary alicyclic amines) is 1. The van der Waals surface area contributed by atoms with Gasteiger partial charge in [-0.15, -0.1) is 0 Å². The first-order valence-corrected chi connectivity index (χ1v) is 7.58. The van der Waals surface area contributed by atoms with E-state index in [9.17, 15) is 0 Å². The molecule has 1 aliphatic rings. The van der Waals surface area contributed by atoms with E-state index < -0.39 is 0 Å². The SMILES string of the molecule is CC(C)(C(N)c1ccc2ccccc2c1)N1CCCC1. The maximum absolute atomic E-state index is 6.60. The summed E-state index contributed by atoms with van der Waals surface area (Å²) in [5.41, 5.74) is 7.85. The van der Waals surface area contributed by atoms with Crippen molar-refractivity contribution >= 4 is 10.8 Å². The molecule has 2 nitrogen and oxygen atoms in total. The van der Waals surface area contributed by atoms with Gasteiger partial charge in [0, 0.05) is 11.6 Å². The van der Waals surface area contributed by atoms with Crippen LogP contribution < -0.4 is 5.73 Å². The maximum Gasteiger partial charge on any atom is 0.0476 e. The van der Waals surface area contributed by atoms with Crippen molar-refractivity contribution in [3.8, 4) is 0 Å². The van der Waals surface area contributed by atoms with E-state index in [1.165, 1.54) is 42.3 Å². The van der Waals surface area contributed by atoms with Crippen molar-refractivity contribution < 1.29 is 0 Å². The average molecular weight is 268 g/mol. The Hall–Kier alpha value is -1.38. The molecule has 2 heteroatoms. The fourth-order valence-electron chi connectivity index (χ4n) is 3.30. The highest BCUT2D eigenvalue weighted by atomic mass is 15.2. The molecule has 1 heterocycles. The van der Waals surface area contributed by atoms with Crippen LogP contribution in [0.15, 0.2) is 42.5 Å². The van der Waals surface area contributed by atoms with Crippen LogP contribution in [0.3, 0.4) is 0 Å². The summed E-state index contributed by atoms with van der Waals surface area (Å²) in [6.07, 6.45) is 2.60. The Labute approximate surface area is 121 Å². The molecule has 0 amide bonds. The van der Waals surface area contributed by atoms with Crippen LogP contribution in [0.4, 0.5) is 0 Å². The number of benzene rings is 2. The smallest absolute Gasteiger partial charge is 0.0476 e. The Bertz CT molecular complexity index is 597. The molecule has 0 aliphatic carbocycles. The molecule has 2 aromatic rings. The van der Waals surface area contributed by atoms with Crippen molar-refractivity contribution in [2.45, 2.75) is 38.3 Å². The molecule has 1 aliphatic heterocycles. The van der Waals surface area contributed by atoms with E-state index in [0.29, 0.717) is 0 Å². The number of hydrogen-bond acceptors (Lipinski definition) is 2. The lowest BCUT2D eigenvalue weighted by Crippen LogP contribution is -2.49. The number of rotatable bonds is 3. The minimum absolute atomic E-state index is 0.0129. The van der Waals surface area contributed by atoms with Crippen LogP contribution in [0, 0.1) is 0 Å². The van der Waals surface area contributed by atoms with Crippen LogP contribution in [0.2, 0.25) is 0 Å². The Kier molecular flexibility index (Phi) is 3.53. The van der Waals surface area contributed by atoms with E-state index >= 15 is 0 Å². The Morgan fingerprint density at radius 1 is 1.00 bits per heavy atom. The second kappa shape index (κ2) is 5.19. The first-order valence-electron chi connectivity index (χ1n) is 7.58. The van der Waals surface area contributed by atoms with E-state index in [4.69, 9.17) is 5.73 Å². The molecule has 1 saturated heterocycles. The fourth-order valence-corrected chi connectivity index (χ4v) is 3.30.